The number of morpholine rings is 1. The molecule has 2 aromatic heterocycles. The number of anilines is 1. The normalized spacial score (nSPS) is 22.1. The van der Waals surface area contributed by atoms with Crippen LogP contribution in [0.2, 0.25) is 5.28 Å². The van der Waals surface area contributed by atoms with Gasteiger partial charge in [0.2, 0.25) is 15.1 Å². The lowest BCUT2D eigenvalue weighted by molar-refractivity contribution is 0.0985. The highest BCUT2D eigenvalue weighted by molar-refractivity contribution is 7.94. The number of rotatable bonds is 4. The largest absolute Gasteiger partial charge is 0.377 e. The number of sulfone groups is 1. The second-order valence-corrected chi connectivity index (χ2v) is 11.1. The second kappa shape index (κ2) is 6.65. The molecule has 2 fully saturated rings. The molecular weight excluding hydrogens is 408 g/mol. The fourth-order valence-electron chi connectivity index (χ4n) is 3.57. The predicted octanol–water partition coefficient (Wildman–Crippen LogP) is 2.89. The van der Waals surface area contributed by atoms with E-state index in [4.69, 9.17) is 16.3 Å². The third kappa shape index (κ3) is 3.14. The average molecular weight is 429 g/mol. The van der Waals surface area contributed by atoms with E-state index < -0.39 is 14.6 Å². The number of aromatic nitrogens is 3. The minimum atomic E-state index is -3.60. The molecule has 1 aliphatic heterocycles. The Balaban J connectivity index is 1.78. The molecule has 10 heteroatoms. The van der Waals surface area contributed by atoms with Crippen LogP contribution in [0.5, 0.6) is 0 Å². The Morgan fingerprint density at radius 2 is 2.04 bits per heavy atom. The van der Waals surface area contributed by atoms with E-state index in [-0.39, 0.29) is 11.3 Å². The molecule has 1 atom stereocenters. The van der Waals surface area contributed by atoms with Crippen LogP contribution in [0.1, 0.15) is 36.2 Å². The molecule has 4 rings (SSSR count). The van der Waals surface area contributed by atoms with Crippen LogP contribution < -0.4 is 4.90 Å². The standard InChI is InChI=1S/C17H21ClN4O3S2/c1-10-9-25-7-6-22(10)14-8-13(20-16(18)21-14)17(4-5-17)27(23,24)15-11(2)19-12(3)26-15/h8,10H,4-7,9H2,1-3H3/t10-/m0/s1. The Morgan fingerprint density at radius 3 is 2.63 bits per heavy atom. The van der Waals surface area contributed by atoms with E-state index in [2.05, 4.69) is 19.9 Å². The zero-order valence-electron chi connectivity index (χ0n) is 15.4. The van der Waals surface area contributed by atoms with E-state index in [1.807, 2.05) is 13.8 Å². The van der Waals surface area contributed by atoms with Crippen molar-refractivity contribution < 1.29 is 13.2 Å². The molecule has 0 unspecified atom stereocenters. The Labute approximate surface area is 167 Å². The van der Waals surface area contributed by atoms with Crippen LogP contribution in [0.4, 0.5) is 5.82 Å². The zero-order chi connectivity index (χ0) is 19.4. The van der Waals surface area contributed by atoms with Crippen LogP contribution in [0.3, 0.4) is 0 Å². The van der Waals surface area contributed by atoms with Gasteiger partial charge in [0.25, 0.3) is 0 Å². The predicted molar refractivity (Wildman–Crippen MR) is 104 cm³/mol. The summed E-state index contributed by atoms with van der Waals surface area (Å²) < 4.78 is 31.7. The Bertz CT molecular complexity index is 988. The van der Waals surface area contributed by atoms with E-state index in [0.29, 0.717) is 54.0 Å². The third-order valence-corrected chi connectivity index (χ3v) is 9.51. The van der Waals surface area contributed by atoms with Gasteiger partial charge < -0.3 is 9.64 Å². The summed E-state index contributed by atoms with van der Waals surface area (Å²) in [6.45, 7) is 7.47. The van der Waals surface area contributed by atoms with Crippen LogP contribution in [-0.2, 0) is 19.3 Å². The van der Waals surface area contributed by atoms with Crippen molar-refractivity contribution in [2.24, 2.45) is 0 Å². The second-order valence-electron chi connectivity index (χ2n) is 7.10. The molecule has 0 bridgehead atoms. The van der Waals surface area contributed by atoms with Crippen molar-refractivity contribution in [3.8, 4) is 0 Å². The number of aryl methyl sites for hydroxylation is 2. The maximum absolute atomic E-state index is 13.4. The van der Waals surface area contributed by atoms with E-state index in [0.717, 1.165) is 5.01 Å². The summed E-state index contributed by atoms with van der Waals surface area (Å²) in [5.41, 5.74) is 1.02. The molecule has 146 valence electrons. The van der Waals surface area contributed by atoms with Gasteiger partial charge in [-0.25, -0.2) is 23.4 Å². The highest BCUT2D eigenvalue weighted by Gasteiger charge is 2.59. The van der Waals surface area contributed by atoms with Crippen LogP contribution in [0.25, 0.3) is 0 Å². The molecule has 1 saturated carbocycles. The zero-order valence-corrected chi connectivity index (χ0v) is 17.8. The Kier molecular flexibility index (Phi) is 4.69. The van der Waals surface area contributed by atoms with Crippen molar-refractivity contribution in [3.63, 3.8) is 0 Å². The summed E-state index contributed by atoms with van der Waals surface area (Å²) in [5.74, 6) is 0.652. The molecule has 2 aromatic rings. The summed E-state index contributed by atoms with van der Waals surface area (Å²) in [7, 11) is -3.60. The quantitative estimate of drug-likeness (QED) is 0.692. The van der Waals surface area contributed by atoms with Gasteiger partial charge in [0.15, 0.2) is 0 Å². The number of ether oxygens (including phenoxy) is 1. The van der Waals surface area contributed by atoms with Gasteiger partial charge >= 0.3 is 0 Å². The van der Waals surface area contributed by atoms with Crippen molar-refractivity contribution in [3.05, 3.63) is 27.7 Å². The van der Waals surface area contributed by atoms with Crippen molar-refractivity contribution >= 4 is 38.6 Å². The minimum absolute atomic E-state index is 0.0693. The number of thiazole rings is 1. The first kappa shape index (κ1) is 19.0. The first-order valence-corrected chi connectivity index (χ1v) is 11.5. The molecule has 1 saturated heterocycles. The molecule has 7 nitrogen and oxygen atoms in total. The van der Waals surface area contributed by atoms with Gasteiger partial charge in [0.1, 0.15) is 14.8 Å². The lowest BCUT2D eigenvalue weighted by atomic mass is 10.2. The average Bonchev–Trinajstić information content (AvgIpc) is 3.35. The van der Waals surface area contributed by atoms with Crippen molar-refractivity contribution in [2.45, 2.75) is 48.6 Å². The number of halogens is 1. The molecule has 0 radical (unpaired) electrons. The molecule has 3 heterocycles. The third-order valence-electron chi connectivity index (χ3n) is 5.14. The lowest BCUT2D eigenvalue weighted by Crippen LogP contribution is -2.44. The summed E-state index contributed by atoms with van der Waals surface area (Å²) in [6, 6.07) is 1.91. The van der Waals surface area contributed by atoms with Gasteiger partial charge in [-0.1, -0.05) is 0 Å². The molecule has 0 aromatic carbocycles. The van der Waals surface area contributed by atoms with Crippen LogP contribution in [-0.4, -0.2) is 49.2 Å². The maximum atomic E-state index is 13.4. The van der Waals surface area contributed by atoms with Crippen molar-refractivity contribution in [1.29, 1.82) is 0 Å². The number of hydrogen-bond donors (Lipinski definition) is 0. The minimum Gasteiger partial charge on any atom is -0.377 e. The molecule has 2 aliphatic rings. The van der Waals surface area contributed by atoms with Gasteiger partial charge in [-0.2, -0.15) is 0 Å². The van der Waals surface area contributed by atoms with E-state index in [9.17, 15) is 8.42 Å². The van der Waals surface area contributed by atoms with Crippen molar-refractivity contribution in [1.82, 2.24) is 15.0 Å². The maximum Gasteiger partial charge on any atom is 0.224 e. The van der Waals surface area contributed by atoms with Crippen LogP contribution >= 0.6 is 22.9 Å². The number of nitrogens with zero attached hydrogens (tertiary/aromatic N) is 4. The summed E-state index contributed by atoms with van der Waals surface area (Å²) in [5, 5.41) is 0.810. The summed E-state index contributed by atoms with van der Waals surface area (Å²) in [6.07, 6.45) is 1.05. The fraction of sp³-hybridized carbons (Fsp3) is 0.588. The summed E-state index contributed by atoms with van der Waals surface area (Å²) >= 11 is 7.41. The van der Waals surface area contributed by atoms with Gasteiger partial charge in [-0.3, -0.25) is 0 Å². The Morgan fingerprint density at radius 1 is 1.30 bits per heavy atom. The van der Waals surface area contributed by atoms with Crippen LogP contribution in [0.15, 0.2) is 10.3 Å². The van der Waals surface area contributed by atoms with Gasteiger partial charge in [0, 0.05) is 12.6 Å². The van der Waals surface area contributed by atoms with E-state index in [1.54, 1.807) is 13.0 Å². The molecule has 0 amide bonds. The molecule has 0 spiro atoms. The molecule has 0 N–H and O–H groups in total. The van der Waals surface area contributed by atoms with Crippen LogP contribution in [0, 0.1) is 13.8 Å². The molecule has 27 heavy (non-hydrogen) atoms. The smallest absolute Gasteiger partial charge is 0.224 e. The first-order valence-electron chi connectivity index (χ1n) is 8.83. The van der Waals surface area contributed by atoms with E-state index >= 15 is 0 Å². The Hall–Kier alpha value is -1.29. The monoisotopic (exact) mass is 428 g/mol. The fourth-order valence-corrected chi connectivity index (χ4v) is 7.48. The van der Waals surface area contributed by atoms with Gasteiger partial charge in [-0.05, 0) is 45.2 Å². The molecule has 1 aliphatic carbocycles. The van der Waals surface area contributed by atoms with Gasteiger partial charge in [0.05, 0.1) is 35.7 Å². The topological polar surface area (TPSA) is 85.3 Å². The SMILES string of the molecule is Cc1nc(C)c(S(=O)(=O)C2(c3cc(N4CCOC[C@@H]4C)nc(Cl)n3)CC2)s1. The van der Waals surface area contributed by atoms with E-state index in [1.165, 1.54) is 11.3 Å². The summed E-state index contributed by atoms with van der Waals surface area (Å²) in [4.78, 5) is 15.0. The first-order chi connectivity index (χ1) is 12.7. The lowest BCUT2D eigenvalue weighted by Gasteiger charge is -2.34. The number of hydrogen-bond acceptors (Lipinski definition) is 8. The molecular formula is C17H21ClN4O3S2. The van der Waals surface area contributed by atoms with Crippen molar-refractivity contribution in [2.75, 3.05) is 24.7 Å². The highest BCUT2D eigenvalue weighted by Crippen LogP contribution is 2.56. The van der Waals surface area contributed by atoms with Gasteiger partial charge in [-0.15, -0.1) is 11.3 Å². The highest BCUT2D eigenvalue weighted by atomic mass is 35.5.